The van der Waals surface area contributed by atoms with E-state index in [0.717, 1.165) is 30.2 Å². The molecule has 6 rings (SSSR count). The van der Waals surface area contributed by atoms with Crippen molar-refractivity contribution in [2.45, 2.75) is 37.8 Å². The van der Waals surface area contributed by atoms with Crippen LogP contribution >= 0.6 is 11.6 Å². The van der Waals surface area contributed by atoms with Gasteiger partial charge >= 0.3 is 6.01 Å². The molecular formula is C33H35ClFN7O3. The monoisotopic (exact) mass is 631 g/mol. The van der Waals surface area contributed by atoms with Crippen LogP contribution in [0.5, 0.6) is 11.8 Å². The Kier molecular flexibility index (Phi) is 8.90. The molecule has 2 aliphatic heterocycles. The summed E-state index contributed by atoms with van der Waals surface area (Å²) in [5.74, 6) is -0.369. The first-order valence-corrected chi connectivity index (χ1v) is 15.5. The van der Waals surface area contributed by atoms with Crippen molar-refractivity contribution in [2.24, 2.45) is 5.73 Å². The zero-order valence-corrected chi connectivity index (χ0v) is 25.8. The third-order valence-corrected chi connectivity index (χ3v) is 9.12. The number of benzene rings is 3. The molecule has 0 saturated carbocycles. The van der Waals surface area contributed by atoms with Gasteiger partial charge in [0.05, 0.1) is 23.6 Å². The van der Waals surface area contributed by atoms with E-state index in [4.69, 9.17) is 27.1 Å². The maximum absolute atomic E-state index is 16.8. The Bertz CT molecular complexity index is 1800. The smallest absolute Gasteiger partial charge is 0.319 e. The predicted molar refractivity (Wildman–Crippen MR) is 172 cm³/mol. The maximum Gasteiger partial charge on any atom is 0.319 e. The van der Waals surface area contributed by atoms with E-state index in [1.807, 2.05) is 36.2 Å². The van der Waals surface area contributed by atoms with Crippen LogP contribution in [0, 0.1) is 17.1 Å². The number of carbonyl (C=O) groups excluding carboxylic acids is 1. The van der Waals surface area contributed by atoms with Gasteiger partial charge in [0, 0.05) is 49.6 Å². The van der Waals surface area contributed by atoms with Crippen molar-refractivity contribution in [1.82, 2.24) is 19.8 Å². The van der Waals surface area contributed by atoms with E-state index < -0.39 is 11.9 Å². The molecule has 1 aromatic heterocycles. The van der Waals surface area contributed by atoms with Crippen molar-refractivity contribution in [2.75, 3.05) is 51.3 Å². The molecule has 1 amide bonds. The number of aromatic hydroxyl groups is 1. The lowest BCUT2D eigenvalue weighted by Crippen LogP contribution is -2.55. The molecule has 2 aliphatic rings. The molecule has 45 heavy (non-hydrogen) atoms. The molecule has 10 nitrogen and oxygen atoms in total. The zero-order valence-electron chi connectivity index (χ0n) is 25.0. The highest BCUT2D eigenvalue weighted by Crippen LogP contribution is 2.42. The minimum atomic E-state index is -0.662. The fourth-order valence-corrected chi connectivity index (χ4v) is 6.79. The number of phenolic OH excluding ortho intramolecular Hbond substituents is 1. The lowest BCUT2D eigenvalue weighted by molar-refractivity contribution is -0.133. The number of ether oxygens (including phenoxy) is 1. The number of anilines is 1. The summed E-state index contributed by atoms with van der Waals surface area (Å²) in [7, 11) is 2.04. The van der Waals surface area contributed by atoms with Crippen LogP contribution in [-0.2, 0) is 4.79 Å². The zero-order chi connectivity index (χ0) is 31.7. The molecule has 3 heterocycles. The highest BCUT2D eigenvalue weighted by molar-refractivity contribution is 6.35. The van der Waals surface area contributed by atoms with Gasteiger partial charge < -0.3 is 30.3 Å². The number of piperazine rings is 1. The number of phenols is 1. The van der Waals surface area contributed by atoms with Crippen molar-refractivity contribution in [1.29, 1.82) is 5.26 Å². The van der Waals surface area contributed by atoms with Gasteiger partial charge in [-0.25, -0.2) is 4.39 Å². The van der Waals surface area contributed by atoms with Gasteiger partial charge in [-0.3, -0.25) is 4.79 Å². The van der Waals surface area contributed by atoms with Gasteiger partial charge in [-0.05, 0) is 61.0 Å². The fraction of sp³-hybridized carbons (Fsp3) is 0.394. The molecule has 2 fully saturated rings. The van der Waals surface area contributed by atoms with Gasteiger partial charge in [-0.1, -0.05) is 35.9 Å². The van der Waals surface area contributed by atoms with Gasteiger partial charge in [-0.15, -0.1) is 0 Å². The second-order valence-corrected chi connectivity index (χ2v) is 12.1. The van der Waals surface area contributed by atoms with Gasteiger partial charge in [0.15, 0.2) is 5.82 Å². The summed E-state index contributed by atoms with van der Waals surface area (Å²) in [5.41, 5.74) is 6.21. The van der Waals surface area contributed by atoms with Crippen molar-refractivity contribution in [3.8, 4) is 29.0 Å². The molecule has 0 spiro atoms. The Labute approximate surface area is 265 Å². The first-order chi connectivity index (χ1) is 21.8. The summed E-state index contributed by atoms with van der Waals surface area (Å²) < 4.78 is 22.9. The standard InChI is InChI=1S/C33H35ClFN7O3/c1-40-12-4-6-22(40)19-45-33-38-31-26(32(39-33)41-13-14-42(28(44)9-11-37)21(18-41)8-10-36)17-27(34)29(30(31)35)25-16-23(43)15-20-5-2-3-7-24(20)25/h2-3,5,7,15-17,21-22,43H,4,6,8-9,11-14,18-19,37H2,1H3/t21-,22-/m0/s1. The van der Waals surface area contributed by atoms with Crippen LogP contribution < -0.4 is 15.4 Å². The molecule has 0 radical (unpaired) electrons. The van der Waals surface area contributed by atoms with Gasteiger partial charge in [-0.2, -0.15) is 15.2 Å². The van der Waals surface area contributed by atoms with Crippen LogP contribution in [0.4, 0.5) is 10.2 Å². The number of fused-ring (bicyclic) bond motifs is 2. The van der Waals surface area contributed by atoms with E-state index >= 15 is 4.39 Å². The van der Waals surface area contributed by atoms with Crippen molar-refractivity contribution < 1.29 is 19.0 Å². The molecule has 2 saturated heterocycles. The van der Waals surface area contributed by atoms with Gasteiger partial charge in [0.2, 0.25) is 5.91 Å². The summed E-state index contributed by atoms with van der Waals surface area (Å²) in [6, 6.07) is 14.1. The van der Waals surface area contributed by atoms with Crippen LogP contribution in [0.2, 0.25) is 5.02 Å². The molecule has 3 aromatic carbocycles. The molecule has 4 aromatic rings. The minimum Gasteiger partial charge on any atom is -0.508 e. The summed E-state index contributed by atoms with van der Waals surface area (Å²) in [5, 5.41) is 22.0. The third-order valence-electron chi connectivity index (χ3n) is 8.82. The van der Waals surface area contributed by atoms with Crippen LogP contribution in [0.1, 0.15) is 25.7 Å². The molecule has 2 atom stereocenters. The van der Waals surface area contributed by atoms with Gasteiger partial charge in [0.1, 0.15) is 23.7 Å². The Hall–Kier alpha value is -4.24. The number of likely N-dealkylation sites (N-methyl/N-ethyl adjacent to an activating group) is 1. The number of carbonyl (C=O) groups is 1. The number of halogens is 2. The third kappa shape index (κ3) is 6.06. The first kappa shape index (κ1) is 30.8. The average Bonchev–Trinajstić information content (AvgIpc) is 3.44. The Morgan fingerprint density at radius 2 is 2.00 bits per heavy atom. The number of amides is 1. The SMILES string of the molecule is CN1CCC[C@H]1COc1nc(N2CCN(C(=O)CCN)[C@@H](CC#N)C2)c2cc(Cl)c(-c3cc(O)cc4ccccc34)c(F)c2n1. The molecule has 0 unspecified atom stereocenters. The van der Waals surface area contributed by atoms with Crippen LogP contribution in [0.3, 0.4) is 0 Å². The normalized spacial score (nSPS) is 18.9. The molecule has 234 valence electrons. The topological polar surface area (TPSA) is 132 Å². The van der Waals surface area contributed by atoms with E-state index in [-0.39, 0.29) is 59.2 Å². The highest BCUT2D eigenvalue weighted by Gasteiger charge is 2.33. The summed E-state index contributed by atoms with van der Waals surface area (Å²) in [6.45, 7) is 2.59. The van der Waals surface area contributed by atoms with E-state index in [0.29, 0.717) is 43.0 Å². The first-order valence-electron chi connectivity index (χ1n) is 15.2. The molecular weight excluding hydrogens is 597 g/mol. The number of nitrogens with zero attached hydrogens (tertiary/aromatic N) is 6. The van der Waals surface area contributed by atoms with E-state index in [1.54, 1.807) is 17.0 Å². The maximum atomic E-state index is 16.8. The quantitative estimate of drug-likeness (QED) is 0.284. The Balaban J connectivity index is 1.47. The highest BCUT2D eigenvalue weighted by atomic mass is 35.5. The summed E-state index contributed by atoms with van der Waals surface area (Å²) in [6.07, 6.45) is 2.36. The summed E-state index contributed by atoms with van der Waals surface area (Å²) >= 11 is 6.85. The lowest BCUT2D eigenvalue weighted by atomic mass is 9.96. The number of nitrogens with two attached hydrogens (primary N) is 1. The largest absolute Gasteiger partial charge is 0.508 e. The van der Waals surface area contributed by atoms with Crippen molar-refractivity contribution >= 4 is 45.0 Å². The molecule has 0 bridgehead atoms. The number of hydrogen-bond donors (Lipinski definition) is 2. The van der Waals surface area contributed by atoms with E-state index in [2.05, 4.69) is 16.0 Å². The van der Waals surface area contributed by atoms with Crippen LogP contribution in [0.15, 0.2) is 42.5 Å². The Morgan fingerprint density at radius 1 is 1.18 bits per heavy atom. The Morgan fingerprint density at radius 3 is 2.76 bits per heavy atom. The number of aromatic nitrogens is 2. The average molecular weight is 632 g/mol. The van der Waals surface area contributed by atoms with E-state index in [1.165, 1.54) is 6.07 Å². The molecule has 0 aliphatic carbocycles. The second-order valence-electron chi connectivity index (χ2n) is 11.7. The van der Waals surface area contributed by atoms with E-state index in [9.17, 15) is 15.2 Å². The number of nitriles is 1. The minimum absolute atomic E-state index is 0.0158. The number of likely N-dealkylation sites (tertiary alicyclic amines) is 1. The van der Waals surface area contributed by atoms with Crippen molar-refractivity contribution in [3.05, 3.63) is 53.3 Å². The fourth-order valence-electron chi connectivity index (χ4n) is 6.50. The molecule has 3 N–H and O–H groups in total. The lowest BCUT2D eigenvalue weighted by Gasteiger charge is -2.41. The second kappa shape index (κ2) is 13.0. The number of rotatable bonds is 8. The number of hydrogen-bond acceptors (Lipinski definition) is 9. The van der Waals surface area contributed by atoms with Gasteiger partial charge in [0.25, 0.3) is 0 Å². The van der Waals surface area contributed by atoms with Crippen LogP contribution in [0.25, 0.3) is 32.8 Å². The summed E-state index contributed by atoms with van der Waals surface area (Å²) in [4.78, 5) is 28.0. The van der Waals surface area contributed by atoms with Crippen molar-refractivity contribution in [3.63, 3.8) is 0 Å². The molecule has 12 heteroatoms. The van der Waals surface area contributed by atoms with Crippen LogP contribution in [-0.4, -0.2) is 89.2 Å². The predicted octanol–water partition coefficient (Wildman–Crippen LogP) is 4.70.